The summed E-state index contributed by atoms with van der Waals surface area (Å²) in [6.07, 6.45) is 6.10. The van der Waals surface area contributed by atoms with Crippen LogP contribution in [0.2, 0.25) is 0 Å². The van der Waals surface area contributed by atoms with Crippen LogP contribution in [0.25, 0.3) is 0 Å². The van der Waals surface area contributed by atoms with Crippen LogP contribution in [0.3, 0.4) is 0 Å². The van der Waals surface area contributed by atoms with Gasteiger partial charge in [0.2, 0.25) is 0 Å². The third-order valence-electron chi connectivity index (χ3n) is 13.3. The summed E-state index contributed by atoms with van der Waals surface area (Å²) in [4.78, 5) is 0. The van der Waals surface area contributed by atoms with Crippen LogP contribution in [0, 0.1) is 0 Å². The first kappa shape index (κ1) is 48.4. The lowest BCUT2D eigenvalue weighted by molar-refractivity contribution is -0.911. The van der Waals surface area contributed by atoms with Crippen molar-refractivity contribution in [2.45, 2.75) is 65.3 Å². The zero-order valence-corrected chi connectivity index (χ0v) is 40.9. The molecule has 0 spiro atoms. The molecule has 1 aliphatic carbocycles. The number of rotatable bonds is 19. The number of aliphatic hydroxyl groups is 1. The molecule has 0 unspecified atom stereocenters. The van der Waals surface area contributed by atoms with Crippen molar-refractivity contribution in [2.24, 2.45) is 0 Å². The van der Waals surface area contributed by atoms with Crippen LogP contribution in [-0.4, -0.2) is 29.7 Å². The van der Waals surface area contributed by atoms with Crippen LogP contribution in [0.5, 0.6) is 23.0 Å². The van der Waals surface area contributed by atoms with E-state index in [9.17, 15) is 5.11 Å². The molecule has 0 radical (unpaired) electrons. The van der Waals surface area contributed by atoms with E-state index in [1.165, 1.54) is 5.56 Å². The van der Waals surface area contributed by atoms with Crippen molar-refractivity contribution in [1.82, 2.24) is 0 Å². The first-order valence-electron chi connectivity index (χ1n) is 24.7. The van der Waals surface area contributed by atoms with E-state index in [0.29, 0.717) is 56.6 Å². The molecule has 0 heterocycles. The Labute approximate surface area is 420 Å². The Morgan fingerprint density at radius 3 is 0.972 bits per heavy atom. The molecule has 8 bridgehead atoms. The zero-order chi connectivity index (χ0) is 48.8. The molecule has 358 valence electrons. The predicted molar refractivity (Wildman–Crippen MR) is 286 cm³/mol. The summed E-state index contributed by atoms with van der Waals surface area (Å²) in [5.41, 5.74) is 14.5. The number of likely N-dealkylation sites (N-methyl/N-ethyl adjacent to an activating group) is 1. The first-order chi connectivity index (χ1) is 34.9. The standard InChI is InChI=1S/C65H64NO5/c1-4-32-66(3,33-5-2)42-52-34-58-39-56-30-18-28-54(62(56)68-44-48-20-10-6-11-21-48)38-55-29-19-31-57(63(55)69-45-49-22-12-7-13-23-49)40-60-36-53(43-67)37-61(65(60)71-47-51-26-16-9-17-27-51)41-59(35-52)64(58)70-46-50-24-14-8-15-25-50/h4-31,34-37,67H,1-2,32-33,38-47H2,3H3/q+1. The normalized spacial score (nSPS) is 12.1. The van der Waals surface area contributed by atoms with Gasteiger partial charge < -0.3 is 28.5 Å². The second-order valence-corrected chi connectivity index (χ2v) is 19.0. The van der Waals surface area contributed by atoms with E-state index in [1.54, 1.807) is 0 Å². The van der Waals surface area contributed by atoms with Crippen molar-refractivity contribution in [3.8, 4) is 23.0 Å². The van der Waals surface area contributed by atoms with Gasteiger partial charge in [0.15, 0.2) is 0 Å². The number of fused-ring (bicyclic) bond motifs is 8. The van der Waals surface area contributed by atoms with Gasteiger partial charge in [-0.05, 0) is 109 Å². The Kier molecular flexibility index (Phi) is 15.9. The smallest absolute Gasteiger partial charge is 0.126 e. The van der Waals surface area contributed by atoms with Gasteiger partial charge in [-0.3, -0.25) is 0 Å². The highest BCUT2D eigenvalue weighted by molar-refractivity contribution is 5.57. The number of ether oxygens (including phenoxy) is 4. The van der Waals surface area contributed by atoms with Gasteiger partial charge in [0.25, 0.3) is 0 Å². The Bertz CT molecular complexity index is 3030. The SMILES string of the molecule is C=CC[N+](C)(CC=C)Cc1cc2c(OCc3ccccc3)c(c1)Cc1cc(CO)cc(c1OCc1ccccc1)Cc1cccc(c1OCc1ccccc1)Cc1cccc(c1OCc1ccccc1)C2. The molecule has 0 amide bonds. The number of nitrogens with zero attached hydrogens (tertiary/aromatic N) is 1. The molecule has 8 aromatic carbocycles. The average molecular weight is 939 g/mol. The molecule has 0 saturated heterocycles. The molecule has 6 heteroatoms. The molecule has 8 aromatic rings. The number of benzene rings is 8. The zero-order valence-electron chi connectivity index (χ0n) is 40.9. The molecule has 0 aromatic heterocycles. The van der Waals surface area contributed by atoms with Gasteiger partial charge in [0.1, 0.15) is 56.0 Å². The Morgan fingerprint density at radius 2 is 0.662 bits per heavy atom. The number of quaternary nitrogens is 1. The Hall–Kier alpha value is -7.64. The molecule has 1 N–H and O–H groups in total. The van der Waals surface area contributed by atoms with E-state index in [0.717, 1.165) is 115 Å². The molecule has 71 heavy (non-hydrogen) atoms. The third kappa shape index (κ3) is 12.4. The molecular formula is C65H64NO5+. The molecule has 0 aliphatic heterocycles. The van der Waals surface area contributed by atoms with E-state index < -0.39 is 0 Å². The lowest BCUT2D eigenvalue weighted by Crippen LogP contribution is -2.43. The van der Waals surface area contributed by atoms with Gasteiger partial charge >= 0.3 is 0 Å². The lowest BCUT2D eigenvalue weighted by atomic mass is 9.89. The molecule has 1 aliphatic rings. The summed E-state index contributed by atoms with van der Waals surface area (Å²) >= 11 is 0. The third-order valence-corrected chi connectivity index (χ3v) is 13.3. The maximum absolute atomic E-state index is 11.0. The van der Waals surface area contributed by atoms with E-state index in [2.05, 4.69) is 154 Å². The van der Waals surface area contributed by atoms with Crippen molar-refractivity contribution >= 4 is 0 Å². The van der Waals surface area contributed by atoms with E-state index in [4.69, 9.17) is 18.9 Å². The van der Waals surface area contributed by atoms with Gasteiger partial charge in [-0.2, -0.15) is 0 Å². The van der Waals surface area contributed by atoms with E-state index in [1.807, 2.05) is 60.7 Å². The minimum atomic E-state index is -0.127. The molecular weight excluding hydrogens is 875 g/mol. The van der Waals surface area contributed by atoms with Gasteiger partial charge in [-0.15, -0.1) is 0 Å². The summed E-state index contributed by atoms with van der Waals surface area (Å²) in [6.45, 7) is 12.1. The molecule has 0 atom stereocenters. The minimum Gasteiger partial charge on any atom is -0.488 e. The van der Waals surface area contributed by atoms with Gasteiger partial charge in [-0.1, -0.05) is 171 Å². The maximum Gasteiger partial charge on any atom is 0.126 e. The monoisotopic (exact) mass is 938 g/mol. The Balaban J connectivity index is 1.28. The molecule has 0 saturated carbocycles. The minimum absolute atomic E-state index is 0.127. The second-order valence-electron chi connectivity index (χ2n) is 19.0. The van der Waals surface area contributed by atoms with Crippen molar-refractivity contribution in [1.29, 1.82) is 0 Å². The van der Waals surface area contributed by atoms with Gasteiger partial charge in [0.05, 0.1) is 26.7 Å². The Morgan fingerprint density at radius 1 is 0.380 bits per heavy atom. The fourth-order valence-electron chi connectivity index (χ4n) is 9.94. The topological polar surface area (TPSA) is 57.2 Å². The van der Waals surface area contributed by atoms with Crippen LogP contribution < -0.4 is 18.9 Å². The quantitative estimate of drug-likeness (QED) is 0.0647. The van der Waals surface area contributed by atoms with E-state index >= 15 is 0 Å². The predicted octanol–water partition coefficient (Wildman–Crippen LogP) is 13.5. The largest absolute Gasteiger partial charge is 0.488 e. The van der Waals surface area contributed by atoms with Crippen LogP contribution >= 0.6 is 0 Å². The number of hydrogen-bond acceptors (Lipinski definition) is 5. The van der Waals surface area contributed by atoms with Crippen LogP contribution in [0.15, 0.2) is 207 Å². The number of aliphatic hydroxyl groups excluding tert-OH is 1. The van der Waals surface area contributed by atoms with Crippen LogP contribution in [0.1, 0.15) is 77.9 Å². The highest BCUT2D eigenvalue weighted by Gasteiger charge is 2.26. The van der Waals surface area contributed by atoms with Gasteiger partial charge in [0, 0.05) is 31.2 Å². The van der Waals surface area contributed by atoms with Crippen LogP contribution in [-0.2, 0) is 65.3 Å². The number of para-hydroxylation sites is 2. The molecule has 0 fully saturated rings. The second kappa shape index (κ2) is 23.3. The summed E-state index contributed by atoms with van der Waals surface area (Å²) in [5, 5.41) is 11.0. The van der Waals surface area contributed by atoms with E-state index in [-0.39, 0.29) is 6.61 Å². The van der Waals surface area contributed by atoms with Crippen molar-refractivity contribution in [3.05, 3.63) is 285 Å². The first-order valence-corrected chi connectivity index (χ1v) is 24.7. The van der Waals surface area contributed by atoms with Crippen molar-refractivity contribution in [3.63, 3.8) is 0 Å². The average Bonchev–Trinajstić information content (AvgIpc) is 3.38. The fourth-order valence-corrected chi connectivity index (χ4v) is 9.94. The highest BCUT2D eigenvalue weighted by Crippen LogP contribution is 2.41. The summed E-state index contributed by atoms with van der Waals surface area (Å²) in [7, 11) is 2.26. The summed E-state index contributed by atoms with van der Waals surface area (Å²) in [6, 6.07) is 63.3. The maximum atomic E-state index is 11.0. The van der Waals surface area contributed by atoms with Gasteiger partial charge in [-0.25, -0.2) is 0 Å². The molecule has 9 rings (SSSR count). The highest BCUT2D eigenvalue weighted by atomic mass is 16.5. The lowest BCUT2D eigenvalue weighted by Gasteiger charge is -2.33. The summed E-state index contributed by atoms with van der Waals surface area (Å²) in [5.74, 6) is 3.31. The van der Waals surface area contributed by atoms with Crippen LogP contribution in [0.4, 0.5) is 0 Å². The fraction of sp³-hybridized carbons (Fsp3) is 0.200. The summed E-state index contributed by atoms with van der Waals surface area (Å²) < 4.78 is 28.9. The van der Waals surface area contributed by atoms with Crippen molar-refractivity contribution < 1.29 is 28.5 Å². The number of hydrogen-bond donors (Lipinski definition) is 1. The molecule has 6 nitrogen and oxygen atoms in total. The van der Waals surface area contributed by atoms with Crippen molar-refractivity contribution in [2.75, 3.05) is 20.1 Å².